The first-order valence-electron chi connectivity index (χ1n) is 11.4. The van der Waals surface area contributed by atoms with E-state index in [0.717, 1.165) is 37.9 Å². The molecule has 0 amide bonds. The van der Waals surface area contributed by atoms with Gasteiger partial charge in [0, 0.05) is 19.6 Å². The number of esters is 1. The van der Waals surface area contributed by atoms with Gasteiger partial charge in [-0.1, -0.05) is 26.0 Å². The molecule has 1 aliphatic rings. The first kappa shape index (κ1) is 22.7. The summed E-state index contributed by atoms with van der Waals surface area (Å²) in [5, 5.41) is 5.43. The third-order valence-corrected chi connectivity index (χ3v) is 6.55. The van der Waals surface area contributed by atoms with Gasteiger partial charge in [0.05, 0.1) is 30.1 Å². The third-order valence-electron chi connectivity index (χ3n) is 6.16. The van der Waals surface area contributed by atoms with Crippen LogP contribution in [0.15, 0.2) is 29.1 Å². The Hall–Kier alpha value is -2.52. The minimum absolute atomic E-state index is 0.0313. The molecule has 1 fully saturated rings. The summed E-state index contributed by atoms with van der Waals surface area (Å²) in [5.41, 5.74) is 0.752. The van der Waals surface area contributed by atoms with E-state index in [1.165, 1.54) is 0 Å². The first-order valence-corrected chi connectivity index (χ1v) is 11.8. The molecule has 0 saturated carbocycles. The van der Waals surface area contributed by atoms with Crippen molar-refractivity contribution in [3.63, 3.8) is 0 Å². The maximum Gasteiger partial charge on any atom is 0.309 e. The number of benzene rings is 1. The summed E-state index contributed by atoms with van der Waals surface area (Å²) < 4.78 is 11.2. The van der Waals surface area contributed by atoms with Crippen molar-refractivity contribution in [2.75, 3.05) is 19.7 Å². The van der Waals surface area contributed by atoms with E-state index < -0.39 is 0 Å². The van der Waals surface area contributed by atoms with E-state index in [4.69, 9.17) is 22.1 Å². The number of fused-ring (bicyclic) bond motifs is 3. The number of aryl methyl sites for hydroxylation is 1. The second kappa shape index (κ2) is 9.54. The van der Waals surface area contributed by atoms with E-state index in [2.05, 4.69) is 18.7 Å². The van der Waals surface area contributed by atoms with Gasteiger partial charge in [0.2, 0.25) is 10.5 Å². The van der Waals surface area contributed by atoms with E-state index >= 15 is 0 Å². The molecule has 0 radical (unpaired) electrons. The van der Waals surface area contributed by atoms with Gasteiger partial charge >= 0.3 is 5.97 Å². The lowest BCUT2D eigenvalue weighted by molar-refractivity contribution is -0.149. The van der Waals surface area contributed by atoms with Gasteiger partial charge in [-0.2, -0.15) is 0 Å². The molecule has 0 bridgehead atoms. The summed E-state index contributed by atoms with van der Waals surface area (Å²) in [6.45, 7) is 9.23. The fraction of sp³-hybridized carbons (Fsp3) is 0.565. The maximum atomic E-state index is 13.2. The zero-order chi connectivity index (χ0) is 22.8. The second-order valence-corrected chi connectivity index (χ2v) is 9.22. The first-order chi connectivity index (χ1) is 15.4. The van der Waals surface area contributed by atoms with Crippen LogP contribution in [0.2, 0.25) is 0 Å². The predicted octanol–water partition coefficient (Wildman–Crippen LogP) is 3.46. The highest BCUT2D eigenvalue weighted by Crippen LogP contribution is 2.20. The average Bonchev–Trinajstić information content (AvgIpc) is 3.10. The van der Waals surface area contributed by atoms with Gasteiger partial charge in [0.1, 0.15) is 0 Å². The van der Waals surface area contributed by atoms with Crippen molar-refractivity contribution in [1.29, 1.82) is 0 Å². The molecule has 1 aromatic carbocycles. The molecule has 4 rings (SSSR count). The molecule has 0 N–H and O–H groups in total. The number of rotatable bonds is 7. The van der Waals surface area contributed by atoms with E-state index in [1.807, 2.05) is 35.6 Å². The Morgan fingerprint density at radius 2 is 1.97 bits per heavy atom. The predicted molar refractivity (Wildman–Crippen MR) is 126 cm³/mol. The fourth-order valence-electron chi connectivity index (χ4n) is 4.31. The number of ether oxygens (including phenoxy) is 1. The third kappa shape index (κ3) is 4.36. The van der Waals surface area contributed by atoms with Crippen LogP contribution in [0, 0.1) is 16.6 Å². The van der Waals surface area contributed by atoms with Gasteiger partial charge in [-0.3, -0.25) is 23.5 Å². The molecule has 2 aromatic heterocycles. The summed E-state index contributed by atoms with van der Waals surface area (Å²) in [6.07, 6.45) is 2.41. The van der Waals surface area contributed by atoms with E-state index in [1.54, 1.807) is 9.25 Å². The monoisotopic (exact) mass is 457 g/mol. The van der Waals surface area contributed by atoms with Crippen molar-refractivity contribution in [2.45, 2.75) is 53.2 Å². The summed E-state index contributed by atoms with van der Waals surface area (Å²) in [4.78, 5) is 27.5. The number of hydrogen-bond donors (Lipinski definition) is 0. The second-order valence-electron chi connectivity index (χ2n) is 8.86. The van der Waals surface area contributed by atoms with Crippen molar-refractivity contribution in [3.05, 3.63) is 39.4 Å². The number of para-hydroxylation sites is 1. The maximum absolute atomic E-state index is 13.2. The Morgan fingerprint density at radius 3 is 2.66 bits per heavy atom. The van der Waals surface area contributed by atoms with Gasteiger partial charge in [-0.25, -0.2) is 4.68 Å². The molecule has 3 aromatic rings. The average molecular weight is 458 g/mol. The van der Waals surface area contributed by atoms with Crippen LogP contribution in [0.4, 0.5) is 0 Å². The summed E-state index contributed by atoms with van der Waals surface area (Å²) in [7, 11) is 0. The van der Waals surface area contributed by atoms with Crippen LogP contribution >= 0.6 is 12.2 Å². The lowest BCUT2D eigenvalue weighted by atomic mass is 9.97. The molecule has 0 atom stereocenters. The minimum atomic E-state index is -0.0999. The van der Waals surface area contributed by atoms with Crippen molar-refractivity contribution in [1.82, 2.24) is 23.6 Å². The minimum Gasteiger partial charge on any atom is -0.466 e. The smallest absolute Gasteiger partial charge is 0.309 e. The van der Waals surface area contributed by atoms with Gasteiger partial charge < -0.3 is 4.74 Å². The Bertz CT molecular complexity index is 1230. The Labute approximate surface area is 192 Å². The van der Waals surface area contributed by atoms with E-state index in [9.17, 15) is 9.59 Å². The molecule has 0 unspecified atom stereocenters. The largest absolute Gasteiger partial charge is 0.466 e. The van der Waals surface area contributed by atoms with Crippen LogP contribution in [-0.4, -0.2) is 49.3 Å². The fourth-order valence-corrected chi connectivity index (χ4v) is 4.59. The van der Waals surface area contributed by atoms with Crippen molar-refractivity contribution < 1.29 is 9.53 Å². The van der Waals surface area contributed by atoms with Crippen LogP contribution in [0.25, 0.3) is 16.7 Å². The molecular weight excluding hydrogens is 426 g/mol. The molecule has 172 valence electrons. The van der Waals surface area contributed by atoms with Crippen molar-refractivity contribution in [3.8, 4) is 0 Å². The molecular formula is C23H31N5O3S. The topological polar surface area (TPSA) is 73.8 Å². The van der Waals surface area contributed by atoms with Crippen molar-refractivity contribution >= 4 is 34.9 Å². The zero-order valence-electron chi connectivity index (χ0n) is 19.0. The number of aromatic nitrogens is 4. The van der Waals surface area contributed by atoms with Gasteiger partial charge in [-0.15, -0.1) is 5.10 Å². The van der Waals surface area contributed by atoms with Gasteiger partial charge in [0.15, 0.2) is 0 Å². The number of likely N-dealkylation sites (tertiary alicyclic amines) is 1. The highest BCUT2D eigenvalue weighted by atomic mass is 32.1. The summed E-state index contributed by atoms with van der Waals surface area (Å²) in [5.74, 6) is 0.919. The van der Waals surface area contributed by atoms with Crippen LogP contribution in [0.5, 0.6) is 0 Å². The molecule has 1 aliphatic heterocycles. The van der Waals surface area contributed by atoms with Crippen LogP contribution in [-0.2, 0) is 22.7 Å². The van der Waals surface area contributed by atoms with Crippen LogP contribution < -0.4 is 5.56 Å². The Morgan fingerprint density at radius 1 is 1.25 bits per heavy atom. The SMILES string of the molecule is CCOC(=O)C1CCN(Cn2nc3n(CCC(C)C)c(=O)c4ccccc4n3c2=S)CC1. The van der Waals surface area contributed by atoms with E-state index in [0.29, 0.717) is 41.7 Å². The van der Waals surface area contributed by atoms with Gasteiger partial charge in [0.25, 0.3) is 5.56 Å². The van der Waals surface area contributed by atoms with Crippen molar-refractivity contribution in [2.24, 2.45) is 11.8 Å². The normalized spacial score (nSPS) is 15.8. The number of carbonyl (C=O) groups is 1. The highest BCUT2D eigenvalue weighted by molar-refractivity contribution is 7.71. The number of hydrogen-bond acceptors (Lipinski definition) is 6. The molecule has 32 heavy (non-hydrogen) atoms. The van der Waals surface area contributed by atoms with E-state index in [-0.39, 0.29) is 17.4 Å². The number of piperidine rings is 1. The number of carbonyl (C=O) groups excluding carboxylic acids is 1. The quantitative estimate of drug-likeness (QED) is 0.400. The zero-order valence-corrected chi connectivity index (χ0v) is 19.8. The summed E-state index contributed by atoms with van der Waals surface area (Å²) >= 11 is 5.81. The molecule has 0 aliphatic carbocycles. The van der Waals surface area contributed by atoms with Crippen LogP contribution in [0.3, 0.4) is 0 Å². The lowest BCUT2D eigenvalue weighted by Crippen LogP contribution is -2.38. The lowest BCUT2D eigenvalue weighted by Gasteiger charge is -2.30. The van der Waals surface area contributed by atoms with Gasteiger partial charge in [-0.05, 0) is 56.5 Å². The standard InChI is InChI=1S/C23H31N5O3S/c1-4-31-21(30)17-10-12-25(13-11-17)15-27-23(32)28-19-8-6-5-7-18(19)20(29)26(22(28)24-27)14-9-16(2)3/h5-8,16-17H,4,9-15H2,1-3H3. The molecule has 8 nitrogen and oxygen atoms in total. The summed E-state index contributed by atoms with van der Waals surface area (Å²) in [6, 6.07) is 7.56. The highest BCUT2D eigenvalue weighted by Gasteiger charge is 2.26. The Balaban J connectivity index is 1.67. The molecule has 3 heterocycles. The molecule has 1 saturated heterocycles. The molecule has 0 spiro atoms. The number of nitrogens with zero attached hydrogens (tertiary/aromatic N) is 5. The Kier molecular flexibility index (Phi) is 6.76. The molecule has 9 heteroatoms. The van der Waals surface area contributed by atoms with Crippen LogP contribution in [0.1, 0.15) is 40.0 Å².